The Morgan fingerprint density at radius 2 is 2.33 bits per heavy atom. The van der Waals surface area contributed by atoms with Crippen molar-refractivity contribution >= 4 is 18.8 Å². The Balaban J connectivity index is 3.39. The third kappa shape index (κ3) is 1.85. The first kappa shape index (κ1) is 8.80. The van der Waals surface area contributed by atoms with Crippen LogP contribution in [0.2, 0.25) is 0 Å². The van der Waals surface area contributed by atoms with E-state index in [4.69, 9.17) is 0 Å². The van der Waals surface area contributed by atoms with Crippen LogP contribution in [0.4, 0.5) is 0 Å². The fraction of sp³-hybridized carbons (Fsp3) is 0. The molecule has 0 N–H and O–H groups in total. The molecule has 0 aromatic carbocycles. The molecule has 62 valence electrons. The van der Waals surface area contributed by atoms with Crippen molar-refractivity contribution in [2.75, 3.05) is 0 Å². The van der Waals surface area contributed by atoms with Crippen LogP contribution in [0.1, 0.15) is 0 Å². The number of aromatic nitrogens is 2. The van der Waals surface area contributed by atoms with E-state index in [1.807, 2.05) is 0 Å². The molecule has 1 aromatic rings. The Bertz CT molecular complexity index is 365. The van der Waals surface area contributed by atoms with Crippen LogP contribution in [0, 0.1) is 0 Å². The quantitative estimate of drug-likeness (QED) is 0.682. The molecule has 12 heavy (non-hydrogen) atoms. The molecule has 0 aliphatic carbocycles. The highest BCUT2D eigenvalue weighted by Crippen LogP contribution is 1.98. The van der Waals surface area contributed by atoms with Crippen LogP contribution in [-0.2, 0) is 0 Å². The Kier molecular flexibility index (Phi) is 2.88. The Morgan fingerprint density at radius 1 is 1.58 bits per heavy atom. The minimum absolute atomic E-state index is 0.540. The van der Waals surface area contributed by atoms with E-state index in [-0.39, 0.29) is 0 Å². The van der Waals surface area contributed by atoms with Gasteiger partial charge in [-0.2, -0.15) is 0 Å². The predicted molar refractivity (Wildman–Crippen MR) is 51.6 cm³/mol. The zero-order valence-electron chi connectivity index (χ0n) is 6.51. The summed E-state index contributed by atoms with van der Waals surface area (Å²) >= 11 is 4.12. The van der Waals surface area contributed by atoms with Crippen LogP contribution in [0.15, 0.2) is 41.6 Å². The molecule has 3 nitrogen and oxygen atoms in total. The van der Waals surface area contributed by atoms with Gasteiger partial charge >= 0.3 is 0 Å². The zero-order chi connectivity index (χ0) is 8.97. The molecule has 0 amide bonds. The number of nitrogens with zero attached hydrogens (tertiary/aromatic N) is 3. The van der Waals surface area contributed by atoms with Gasteiger partial charge in [0.25, 0.3) is 0 Å². The topological polar surface area (TPSA) is 30.2 Å². The minimum atomic E-state index is 0.540. The third-order valence-electron chi connectivity index (χ3n) is 1.22. The lowest BCUT2D eigenvalue weighted by Crippen LogP contribution is -2.19. The van der Waals surface area contributed by atoms with E-state index < -0.39 is 0 Å². The molecule has 1 rings (SSSR count). The van der Waals surface area contributed by atoms with Gasteiger partial charge in [-0.1, -0.05) is 13.2 Å². The van der Waals surface area contributed by atoms with E-state index in [0.29, 0.717) is 5.62 Å². The predicted octanol–water partition coefficient (Wildman–Crippen LogP) is 1.32. The van der Waals surface area contributed by atoms with Gasteiger partial charge < -0.3 is 0 Å². The molecule has 4 heteroatoms. The van der Waals surface area contributed by atoms with Gasteiger partial charge in [0.2, 0.25) is 5.62 Å². The molecule has 0 aliphatic rings. The van der Waals surface area contributed by atoms with Crippen LogP contribution < -0.4 is 5.62 Å². The molecule has 0 saturated heterocycles. The summed E-state index contributed by atoms with van der Waals surface area (Å²) in [6.45, 7) is 7.09. The number of rotatable bonds is 2. The number of hydrogen-bond donors (Lipinski definition) is 1. The maximum absolute atomic E-state index is 4.12. The lowest BCUT2D eigenvalue weighted by Gasteiger charge is -1.98. The Labute approximate surface area is 76.2 Å². The van der Waals surface area contributed by atoms with Crippen LogP contribution in [0.3, 0.4) is 0 Å². The maximum atomic E-state index is 4.12. The van der Waals surface area contributed by atoms with Crippen LogP contribution in [0.5, 0.6) is 0 Å². The molecule has 0 spiro atoms. The normalized spacial score (nSPS) is 11.2. The van der Waals surface area contributed by atoms with Crippen molar-refractivity contribution in [3.63, 3.8) is 0 Å². The van der Waals surface area contributed by atoms with Crippen molar-refractivity contribution in [3.05, 3.63) is 37.4 Å². The molecule has 0 bridgehead atoms. The highest BCUT2D eigenvalue weighted by atomic mass is 32.1. The maximum Gasteiger partial charge on any atom is 0.233 e. The standard InChI is InChI=1S/C8H9N3S/c1-3-9-8-10-5-7(12)6-11(8)4-2/h3-6,12H,1-2H2. The van der Waals surface area contributed by atoms with Gasteiger partial charge in [0.15, 0.2) is 0 Å². The lowest BCUT2D eigenvalue weighted by atomic mass is 10.6. The van der Waals surface area contributed by atoms with Crippen molar-refractivity contribution in [2.24, 2.45) is 4.99 Å². The van der Waals surface area contributed by atoms with Crippen molar-refractivity contribution in [3.8, 4) is 0 Å². The van der Waals surface area contributed by atoms with Crippen molar-refractivity contribution in [2.45, 2.75) is 4.90 Å². The van der Waals surface area contributed by atoms with E-state index in [1.54, 1.807) is 23.2 Å². The van der Waals surface area contributed by atoms with Gasteiger partial charge in [0.1, 0.15) is 0 Å². The third-order valence-corrected chi connectivity index (χ3v) is 1.45. The van der Waals surface area contributed by atoms with Gasteiger partial charge in [-0.3, -0.25) is 4.57 Å². The summed E-state index contributed by atoms with van der Waals surface area (Å²) < 4.78 is 1.67. The lowest BCUT2D eigenvalue weighted by molar-refractivity contribution is 0.884. The molecule has 0 aliphatic heterocycles. The second-order valence-electron chi connectivity index (χ2n) is 2.01. The fourth-order valence-electron chi connectivity index (χ4n) is 0.740. The summed E-state index contributed by atoms with van der Waals surface area (Å²) in [6.07, 6.45) is 6.42. The second kappa shape index (κ2) is 3.92. The molecule has 1 heterocycles. The van der Waals surface area contributed by atoms with E-state index in [2.05, 4.69) is 35.8 Å². The average molecular weight is 179 g/mol. The Morgan fingerprint density at radius 3 is 2.92 bits per heavy atom. The summed E-state index contributed by atoms with van der Waals surface area (Å²) in [5.41, 5.74) is 0.540. The molecule has 1 aromatic heterocycles. The molecule has 0 unspecified atom stereocenters. The molecule has 0 saturated carbocycles. The van der Waals surface area contributed by atoms with Gasteiger partial charge in [0, 0.05) is 29.7 Å². The van der Waals surface area contributed by atoms with Crippen molar-refractivity contribution in [1.29, 1.82) is 0 Å². The summed E-state index contributed by atoms with van der Waals surface area (Å²) in [4.78, 5) is 8.71. The van der Waals surface area contributed by atoms with E-state index >= 15 is 0 Å². The average Bonchev–Trinajstić information content (AvgIpc) is 2.08. The van der Waals surface area contributed by atoms with E-state index in [1.165, 1.54) is 6.20 Å². The monoisotopic (exact) mass is 179 g/mol. The van der Waals surface area contributed by atoms with Gasteiger partial charge in [0.05, 0.1) is 0 Å². The van der Waals surface area contributed by atoms with E-state index in [0.717, 1.165) is 4.90 Å². The second-order valence-corrected chi connectivity index (χ2v) is 2.53. The summed E-state index contributed by atoms with van der Waals surface area (Å²) in [5, 5.41) is 0. The highest BCUT2D eigenvalue weighted by molar-refractivity contribution is 7.80. The molecule has 0 atom stereocenters. The summed E-state index contributed by atoms with van der Waals surface area (Å²) in [5.74, 6) is 0. The van der Waals surface area contributed by atoms with Crippen molar-refractivity contribution in [1.82, 2.24) is 9.55 Å². The highest BCUT2D eigenvalue weighted by Gasteiger charge is 1.89. The summed E-state index contributed by atoms with van der Waals surface area (Å²) in [7, 11) is 0. The van der Waals surface area contributed by atoms with Gasteiger partial charge in [-0.25, -0.2) is 9.98 Å². The number of hydrogen-bond acceptors (Lipinski definition) is 3. The van der Waals surface area contributed by atoms with E-state index in [9.17, 15) is 0 Å². The Hall–Kier alpha value is -1.29. The fourth-order valence-corrected chi connectivity index (χ4v) is 0.922. The minimum Gasteiger partial charge on any atom is -0.292 e. The molecular formula is C8H9N3S. The van der Waals surface area contributed by atoms with Gasteiger partial charge in [-0.05, 0) is 0 Å². The molecular weight excluding hydrogens is 170 g/mol. The molecule has 0 fully saturated rings. The largest absolute Gasteiger partial charge is 0.292 e. The van der Waals surface area contributed by atoms with Crippen LogP contribution in [-0.4, -0.2) is 9.55 Å². The first-order valence-corrected chi connectivity index (χ1v) is 3.77. The van der Waals surface area contributed by atoms with Gasteiger partial charge in [-0.15, -0.1) is 12.6 Å². The zero-order valence-corrected chi connectivity index (χ0v) is 7.41. The smallest absolute Gasteiger partial charge is 0.233 e. The van der Waals surface area contributed by atoms with Crippen LogP contribution in [0.25, 0.3) is 6.20 Å². The van der Waals surface area contributed by atoms with Crippen LogP contribution >= 0.6 is 12.6 Å². The molecule has 0 radical (unpaired) electrons. The summed E-state index contributed by atoms with van der Waals surface area (Å²) in [6, 6.07) is 0. The SMILES string of the molecule is C=CN=c1ncc(S)cn1C=C. The number of thiol groups is 1. The first-order chi connectivity index (χ1) is 5.77. The first-order valence-electron chi connectivity index (χ1n) is 3.32. The van der Waals surface area contributed by atoms with Crippen molar-refractivity contribution < 1.29 is 0 Å².